The quantitative estimate of drug-likeness (QED) is 0.744. The van der Waals surface area contributed by atoms with Gasteiger partial charge in [-0.2, -0.15) is 0 Å². The second kappa shape index (κ2) is 6.71. The van der Waals surface area contributed by atoms with Crippen molar-refractivity contribution in [1.82, 2.24) is 0 Å². The van der Waals surface area contributed by atoms with Crippen molar-refractivity contribution in [2.45, 2.75) is 26.4 Å². The van der Waals surface area contributed by atoms with E-state index in [1.807, 2.05) is 62.4 Å². The average Bonchev–Trinajstić information content (AvgIpc) is 2.38. The fourth-order valence-corrected chi connectivity index (χ4v) is 2.43. The van der Waals surface area contributed by atoms with E-state index in [1.54, 1.807) is 0 Å². The zero-order valence-corrected chi connectivity index (χ0v) is 13.2. The van der Waals surface area contributed by atoms with Crippen molar-refractivity contribution < 1.29 is 9.53 Å². The Labute approximate surface area is 127 Å². The number of ether oxygens (including phenoxy) is 1. The zero-order valence-electron chi connectivity index (χ0n) is 11.6. The minimum atomic E-state index is 0.0508. The summed E-state index contributed by atoms with van der Waals surface area (Å²) in [5.74, 6) is 0.724. The molecule has 104 valence electrons. The lowest BCUT2D eigenvalue weighted by atomic mass is 10.0. The van der Waals surface area contributed by atoms with Gasteiger partial charge < -0.3 is 4.74 Å². The van der Waals surface area contributed by atoms with Crippen molar-refractivity contribution in [2.75, 3.05) is 0 Å². The largest absolute Gasteiger partial charge is 0.490 e. The Kier molecular flexibility index (Phi) is 4.96. The van der Waals surface area contributed by atoms with E-state index < -0.39 is 0 Å². The maximum absolute atomic E-state index is 12.4. The monoisotopic (exact) mass is 332 g/mol. The van der Waals surface area contributed by atoms with E-state index in [0.717, 1.165) is 10.0 Å². The Hall–Kier alpha value is -1.61. The fourth-order valence-electron chi connectivity index (χ4n) is 1.98. The van der Waals surface area contributed by atoms with Gasteiger partial charge in [-0.3, -0.25) is 4.79 Å². The zero-order chi connectivity index (χ0) is 14.5. The summed E-state index contributed by atoms with van der Waals surface area (Å²) < 4.78 is 6.68. The Morgan fingerprint density at radius 2 is 1.90 bits per heavy atom. The van der Waals surface area contributed by atoms with Gasteiger partial charge >= 0.3 is 0 Å². The normalized spacial score (nSPS) is 10.6. The van der Waals surface area contributed by atoms with E-state index in [0.29, 0.717) is 17.7 Å². The molecule has 0 N–H and O–H groups in total. The molecule has 0 aliphatic heterocycles. The van der Waals surface area contributed by atoms with Crippen LogP contribution in [0.15, 0.2) is 53.0 Å². The molecule has 2 nitrogen and oxygen atoms in total. The highest BCUT2D eigenvalue weighted by atomic mass is 79.9. The average molecular weight is 333 g/mol. The molecule has 2 aromatic carbocycles. The Morgan fingerprint density at radius 1 is 1.15 bits per heavy atom. The number of halogens is 1. The van der Waals surface area contributed by atoms with Gasteiger partial charge in [0.1, 0.15) is 5.75 Å². The van der Waals surface area contributed by atoms with Crippen LogP contribution in [0, 0.1) is 0 Å². The van der Waals surface area contributed by atoms with Crippen LogP contribution >= 0.6 is 15.9 Å². The number of ketones is 1. The molecule has 0 saturated heterocycles. The lowest BCUT2D eigenvalue weighted by Crippen LogP contribution is -2.11. The van der Waals surface area contributed by atoms with E-state index >= 15 is 0 Å². The number of rotatable bonds is 5. The standard InChI is InChI=1S/C17H17BrO2/c1-12(2)20-17-9-4-3-8-15(17)16(19)11-13-6-5-7-14(18)10-13/h3-10,12H,11H2,1-2H3. The molecule has 0 amide bonds. The summed E-state index contributed by atoms with van der Waals surface area (Å²) >= 11 is 3.42. The van der Waals surface area contributed by atoms with Crippen molar-refractivity contribution in [3.05, 3.63) is 64.1 Å². The third kappa shape index (κ3) is 3.94. The maximum atomic E-state index is 12.4. The first-order chi connectivity index (χ1) is 9.56. The predicted molar refractivity (Wildman–Crippen MR) is 84.4 cm³/mol. The Bertz CT molecular complexity index is 605. The summed E-state index contributed by atoms with van der Waals surface area (Å²) in [5, 5.41) is 0. The highest BCUT2D eigenvalue weighted by Crippen LogP contribution is 2.22. The number of hydrogen-bond acceptors (Lipinski definition) is 2. The fraction of sp³-hybridized carbons (Fsp3) is 0.235. The highest BCUT2D eigenvalue weighted by molar-refractivity contribution is 9.10. The summed E-state index contributed by atoms with van der Waals surface area (Å²) in [6.07, 6.45) is 0.424. The number of para-hydroxylation sites is 1. The molecule has 0 aromatic heterocycles. The summed E-state index contributed by atoms with van der Waals surface area (Å²) in [7, 11) is 0. The number of carbonyl (C=O) groups is 1. The van der Waals surface area contributed by atoms with Gasteiger partial charge in [0.05, 0.1) is 11.7 Å². The Morgan fingerprint density at radius 3 is 2.60 bits per heavy atom. The van der Waals surface area contributed by atoms with Crippen LogP contribution in [-0.2, 0) is 6.42 Å². The number of hydrogen-bond donors (Lipinski definition) is 0. The van der Waals surface area contributed by atoms with E-state index in [1.165, 1.54) is 0 Å². The molecule has 0 heterocycles. The van der Waals surface area contributed by atoms with Crippen LogP contribution < -0.4 is 4.74 Å². The van der Waals surface area contributed by atoms with Crippen molar-refractivity contribution in [3.8, 4) is 5.75 Å². The predicted octanol–water partition coefficient (Wildman–Crippen LogP) is 4.66. The van der Waals surface area contributed by atoms with Crippen molar-refractivity contribution in [2.24, 2.45) is 0 Å². The summed E-state index contributed by atoms with van der Waals surface area (Å²) in [5.41, 5.74) is 1.63. The maximum Gasteiger partial charge on any atom is 0.170 e. The molecule has 0 saturated carbocycles. The molecule has 2 aromatic rings. The van der Waals surface area contributed by atoms with Gasteiger partial charge in [0.25, 0.3) is 0 Å². The van der Waals surface area contributed by atoms with Crippen LogP contribution in [0.25, 0.3) is 0 Å². The third-order valence-corrected chi connectivity index (χ3v) is 3.30. The van der Waals surface area contributed by atoms with E-state index in [4.69, 9.17) is 4.74 Å². The molecular weight excluding hydrogens is 316 g/mol. The second-order valence-corrected chi connectivity index (χ2v) is 5.81. The van der Waals surface area contributed by atoms with Crippen molar-refractivity contribution in [3.63, 3.8) is 0 Å². The van der Waals surface area contributed by atoms with Gasteiger partial charge in [-0.15, -0.1) is 0 Å². The third-order valence-electron chi connectivity index (χ3n) is 2.80. The van der Waals surface area contributed by atoms with Gasteiger partial charge in [-0.05, 0) is 43.7 Å². The molecule has 3 heteroatoms. The molecule has 0 aliphatic carbocycles. The van der Waals surface area contributed by atoms with Crippen LogP contribution in [-0.4, -0.2) is 11.9 Å². The van der Waals surface area contributed by atoms with Crippen LogP contribution in [0.5, 0.6) is 5.75 Å². The number of Topliss-reactive ketones (excluding diaryl/α,β-unsaturated/α-hetero) is 1. The van der Waals surface area contributed by atoms with Crippen LogP contribution in [0.2, 0.25) is 0 Å². The van der Waals surface area contributed by atoms with E-state index in [-0.39, 0.29) is 11.9 Å². The molecule has 0 bridgehead atoms. The van der Waals surface area contributed by atoms with Gasteiger partial charge in [-0.1, -0.05) is 40.2 Å². The molecular formula is C17H17BrO2. The lowest BCUT2D eigenvalue weighted by Gasteiger charge is -2.13. The van der Waals surface area contributed by atoms with Crippen molar-refractivity contribution >= 4 is 21.7 Å². The first kappa shape index (κ1) is 14.8. The number of carbonyl (C=O) groups excluding carboxylic acids is 1. The number of benzene rings is 2. The smallest absolute Gasteiger partial charge is 0.170 e. The molecule has 0 atom stereocenters. The Balaban J connectivity index is 2.21. The van der Waals surface area contributed by atoms with Crippen LogP contribution in [0.3, 0.4) is 0 Å². The lowest BCUT2D eigenvalue weighted by molar-refractivity contribution is 0.0987. The highest BCUT2D eigenvalue weighted by Gasteiger charge is 2.13. The molecule has 0 fully saturated rings. The SMILES string of the molecule is CC(C)Oc1ccccc1C(=O)Cc1cccc(Br)c1. The van der Waals surface area contributed by atoms with Crippen molar-refractivity contribution in [1.29, 1.82) is 0 Å². The minimum absolute atomic E-state index is 0.0508. The van der Waals surface area contributed by atoms with Gasteiger partial charge in [-0.25, -0.2) is 0 Å². The van der Waals surface area contributed by atoms with E-state index in [2.05, 4.69) is 15.9 Å². The van der Waals surface area contributed by atoms with Crippen LogP contribution in [0.1, 0.15) is 29.8 Å². The molecule has 0 radical (unpaired) electrons. The topological polar surface area (TPSA) is 26.3 Å². The summed E-state index contributed by atoms with van der Waals surface area (Å²) in [4.78, 5) is 12.4. The van der Waals surface area contributed by atoms with Gasteiger partial charge in [0, 0.05) is 10.9 Å². The summed E-state index contributed by atoms with van der Waals surface area (Å²) in [6.45, 7) is 3.91. The minimum Gasteiger partial charge on any atom is -0.490 e. The summed E-state index contributed by atoms with van der Waals surface area (Å²) in [6, 6.07) is 15.2. The molecule has 2 rings (SSSR count). The molecule has 20 heavy (non-hydrogen) atoms. The van der Waals surface area contributed by atoms with Gasteiger partial charge in [0.2, 0.25) is 0 Å². The first-order valence-electron chi connectivity index (χ1n) is 6.59. The molecule has 0 aliphatic rings. The first-order valence-corrected chi connectivity index (χ1v) is 7.39. The molecule has 0 spiro atoms. The van der Waals surface area contributed by atoms with Crippen LogP contribution in [0.4, 0.5) is 0 Å². The van der Waals surface area contributed by atoms with Gasteiger partial charge in [0.15, 0.2) is 5.78 Å². The molecule has 0 unspecified atom stereocenters. The second-order valence-electron chi connectivity index (χ2n) is 4.89. The van der Waals surface area contributed by atoms with E-state index in [9.17, 15) is 4.79 Å².